The van der Waals surface area contributed by atoms with Crippen molar-refractivity contribution in [2.45, 2.75) is 19.4 Å². The van der Waals surface area contributed by atoms with Crippen LogP contribution in [0.2, 0.25) is 0 Å². The first-order chi connectivity index (χ1) is 26.7. The zero-order chi connectivity index (χ0) is 35.8. The van der Waals surface area contributed by atoms with Crippen molar-refractivity contribution in [3.8, 4) is 5.69 Å². The third-order valence-electron chi connectivity index (χ3n) is 11.3. The molecule has 8 aromatic carbocycles. The number of furan rings is 1. The van der Waals surface area contributed by atoms with Crippen LogP contribution in [-0.4, -0.2) is 16.1 Å². The third kappa shape index (κ3) is 4.77. The number of para-hydroxylation sites is 2. The molecule has 0 radical (unpaired) electrons. The number of aliphatic imine (C=N–C) groups is 2. The van der Waals surface area contributed by atoms with Crippen LogP contribution in [-0.2, 0) is 0 Å². The smallest absolute Gasteiger partial charge is 0.159 e. The van der Waals surface area contributed by atoms with Gasteiger partial charge in [-0.1, -0.05) is 134 Å². The van der Waals surface area contributed by atoms with Gasteiger partial charge in [0.05, 0.1) is 28.4 Å². The van der Waals surface area contributed by atoms with E-state index in [1.165, 1.54) is 37.9 Å². The number of benzene rings is 8. The summed E-state index contributed by atoms with van der Waals surface area (Å²) < 4.78 is 9.18. The first kappa shape index (κ1) is 30.8. The SMILES string of the molecule is CCC1C(c2ccc3ccccc3c2)=NC(c2cc(-n3c4ccccc4c4cc5ccccc5cc43)cc3c2oc2ccccc23)=NC1c1ccccc1. The van der Waals surface area contributed by atoms with Crippen molar-refractivity contribution in [3.63, 3.8) is 0 Å². The fourth-order valence-electron chi connectivity index (χ4n) is 8.77. The molecule has 1 aliphatic rings. The monoisotopic (exact) mass is 693 g/mol. The Bertz CT molecular complexity index is 3160. The number of rotatable bonds is 5. The number of fused-ring (bicyclic) bond motifs is 8. The Morgan fingerprint density at radius 1 is 0.556 bits per heavy atom. The fourth-order valence-corrected chi connectivity index (χ4v) is 8.77. The quantitative estimate of drug-likeness (QED) is 0.177. The Balaban J connectivity index is 1.22. The highest BCUT2D eigenvalue weighted by molar-refractivity contribution is 6.22. The van der Waals surface area contributed by atoms with Crippen LogP contribution in [0.15, 0.2) is 184 Å². The van der Waals surface area contributed by atoms with Gasteiger partial charge in [-0.05, 0) is 81.6 Å². The number of aromatic nitrogens is 1. The summed E-state index contributed by atoms with van der Waals surface area (Å²) >= 11 is 0. The van der Waals surface area contributed by atoms with E-state index in [0.29, 0.717) is 5.84 Å². The van der Waals surface area contributed by atoms with Gasteiger partial charge in [-0.2, -0.15) is 0 Å². The van der Waals surface area contributed by atoms with Gasteiger partial charge in [-0.3, -0.25) is 4.99 Å². The van der Waals surface area contributed by atoms with E-state index in [1.807, 2.05) is 6.07 Å². The molecule has 0 fully saturated rings. The molecule has 3 heterocycles. The lowest BCUT2D eigenvalue weighted by molar-refractivity contribution is 0.532. The van der Waals surface area contributed by atoms with Gasteiger partial charge in [0.1, 0.15) is 11.2 Å². The predicted octanol–water partition coefficient (Wildman–Crippen LogP) is 13.0. The topological polar surface area (TPSA) is 42.8 Å². The van der Waals surface area contributed by atoms with Crippen LogP contribution in [0.4, 0.5) is 0 Å². The molecule has 0 bridgehead atoms. The van der Waals surface area contributed by atoms with Gasteiger partial charge in [0.15, 0.2) is 5.84 Å². The normalized spacial score (nSPS) is 16.2. The standard InChI is InChI=1S/C50H35N3O/c1-2-38-47(32-15-4-3-5-16-32)51-50(52-48(38)36-25-24-31-14-6-7-17-33(31)26-36)43-30-37(29-42-40-21-11-13-23-46(40)54-49(42)43)53-44-22-12-10-20-39(44)41-27-34-18-8-9-19-35(34)28-45(41)53/h3-30,38,47H,2H2,1H3. The minimum atomic E-state index is -0.118. The van der Waals surface area contributed by atoms with Crippen molar-refractivity contribution in [2.24, 2.45) is 15.9 Å². The Morgan fingerprint density at radius 2 is 1.24 bits per heavy atom. The zero-order valence-electron chi connectivity index (χ0n) is 29.8. The first-order valence-electron chi connectivity index (χ1n) is 18.8. The molecule has 1 aliphatic heterocycles. The minimum absolute atomic E-state index is 0.0947. The lowest BCUT2D eigenvalue weighted by Gasteiger charge is -2.30. The van der Waals surface area contributed by atoms with Crippen molar-refractivity contribution < 1.29 is 4.42 Å². The highest BCUT2D eigenvalue weighted by Crippen LogP contribution is 2.41. The maximum Gasteiger partial charge on any atom is 0.159 e. The summed E-state index contributed by atoms with van der Waals surface area (Å²) in [4.78, 5) is 11.1. The molecule has 0 spiro atoms. The average molecular weight is 694 g/mol. The van der Waals surface area contributed by atoms with Crippen LogP contribution in [0.5, 0.6) is 0 Å². The van der Waals surface area contributed by atoms with Gasteiger partial charge in [0.25, 0.3) is 0 Å². The van der Waals surface area contributed by atoms with Crippen LogP contribution < -0.4 is 0 Å². The average Bonchev–Trinajstić information content (AvgIpc) is 3.77. The summed E-state index contributed by atoms with van der Waals surface area (Å²) in [5.74, 6) is 0.783. The molecular formula is C50H35N3O. The van der Waals surface area contributed by atoms with Gasteiger partial charge >= 0.3 is 0 Å². The number of hydrogen-bond acceptors (Lipinski definition) is 3. The van der Waals surface area contributed by atoms with E-state index in [9.17, 15) is 0 Å². The molecule has 2 aromatic heterocycles. The molecule has 11 rings (SSSR count). The van der Waals surface area contributed by atoms with E-state index < -0.39 is 0 Å². The lowest BCUT2D eigenvalue weighted by Crippen LogP contribution is -2.28. The highest BCUT2D eigenvalue weighted by Gasteiger charge is 2.33. The largest absolute Gasteiger partial charge is 0.455 e. The molecule has 2 unspecified atom stereocenters. The van der Waals surface area contributed by atoms with Gasteiger partial charge in [-0.25, -0.2) is 4.99 Å². The van der Waals surface area contributed by atoms with Gasteiger partial charge in [0.2, 0.25) is 0 Å². The molecule has 10 aromatic rings. The predicted molar refractivity (Wildman–Crippen MR) is 226 cm³/mol. The van der Waals surface area contributed by atoms with Crippen LogP contribution in [0, 0.1) is 5.92 Å². The van der Waals surface area contributed by atoms with Crippen molar-refractivity contribution in [1.82, 2.24) is 4.57 Å². The Morgan fingerprint density at radius 3 is 2.06 bits per heavy atom. The van der Waals surface area contributed by atoms with E-state index in [4.69, 9.17) is 14.4 Å². The number of amidine groups is 1. The summed E-state index contributed by atoms with van der Waals surface area (Å²) in [5.41, 5.74) is 9.26. The van der Waals surface area contributed by atoms with Crippen LogP contribution in [0.1, 0.15) is 36.1 Å². The second-order valence-corrected chi connectivity index (χ2v) is 14.4. The van der Waals surface area contributed by atoms with Gasteiger partial charge < -0.3 is 8.98 Å². The molecular weight excluding hydrogens is 659 g/mol. The lowest BCUT2D eigenvalue weighted by atomic mass is 9.82. The van der Waals surface area contributed by atoms with E-state index in [1.54, 1.807) is 0 Å². The van der Waals surface area contributed by atoms with Crippen molar-refractivity contribution in [1.29, 1.82) is 0 Å². The summed E-state index contributed by atoms with van der Waals surface area (Å²) in [6.07, 6.45) is 0.900. The van der Waals surface area contributed by atoms with E-state index >= 15 is 0 Å². The van der Waals surface area contributed by atoms with Crippen LogP contribution in [0.3, 0.4) is 0 Å². The molecule has 2 atom stereocenters. The van der Waals surface area contributed by atoms with E-state index in [2.05, 4.69) is 175 Å². The number of hydrogen-bond donors (Lipinski definition) is 0. The minimum Gasteiger partial charge on any atom is -0.455 e. The molecule has 0 aliphatic carbocycles. The second-order valence-electron chi connectivity index (χ2n) is 14.4. The molecule has 0 amide bonds. The number of nitrogens with zero attached hydrogens (tertiary/aromatic N) is 3. The van der Waals surface area contributed by atoms with E-state index in [0.717, 1.165) is 61.9 Å². The summed E-state index contributed by atoms with van der Waals surface area (Å²) in [6.45, 7) is 2.25. The zero-order valence-corrected chi connectivity index (χ0v) is 29.8. The van der Waals surface area contributed by atoms with Crippen molar-refractivity contribution >= 4 is 76.8 Å². The Labute approximate surface area is 312 Å². The molecule has 4 nitrogen and oxygen atoms in total. The molecule has 4 heteroatoms. The molecule has 54 heavy (non-hydrogen) atoms. The summed E-state index contributed by atoms with van der Waals surface area (Å²) in [6, 6.07) is 60.7. The van der Waals surface area contributed by atoms with Crippen molar-refractivity contribution in [3.05, 3.63) is 187 Å². The van der Waals surface area contributed by atoms with Gasteiger partial charge in [-0.15, -0.1) is 0 Å². The molecule has 256 valence electrons. The molecule has 0 N–H and O–H groups in total. The Hall–Kier alpha value is -6.78. The Kier molecular flexibility index (Phi) is 6.93. The fraction of sp³-hybridized carbons (Fsp3) is 0.0800. The second kappa shape index (κ2) is 12.1. The maximum atomic E-state index is 6.78. The van der Waals surface area contributed by atoms with Crippen LogP contribution >= 0.6 is 0 Å². The highest BCUT2D eigenvalue weighted by atomic mass is 16.3. The van der Waals surface area contributed by atoms with E-state index in [-0.39, 0.29) is 12.0 Å². The van der Waals surface area contributed by atoms with Crippen molar-refractivity contribution in [2.75, 3.05) is 0 Å². The van der Waals surface area contributed by atoms with Gasteiger partial charge in [0, 0.05) is 33.2 Å². The van der Waals surface area contributed by atoms with Crippen LogP contribution in [0.25, 0.3) is 71.0 Å². The first-order valence-corrected chi connectivity index (χ1v) is 18.8. The summed E-state index contributed by atoms with van der Waals surface area (Å²) in [5, 5.41) is 9.43. The molecule has 0 saturated heterocycles. The summed E-state index contributed by atoms with van der Waals surface area (Å²) in [7, 11) is 0. The maximum absolute atomic E-state index is 6.78. The third-order valence-corrected chi connectivity index (χ3v) is 11.3. The molecule has 0 saturated carbocycles.